The molecule has 0 radical (unpaired) electrons. The first kappa shape index (κ1) is 17.7. The second kappa shape index (κ2) is 8.80. The molecule has 0 saturated heterocycles. The molecular weight excluding hydrogens is 353 g/mol. The topological polar surface area (TPSA) is 21.3 Å². The van der Waals surface area contributed by atoms with Gasteiger partial charge >= 0.3 is 0 Å². The van der Waals surface area contributed by atoms with Crippen molar-refractivity contribution in [2.45, 2.75) is 13.0 Å². The standard InChI is InChI=1S/C21H19Cl2NO/c22-19-11-10-18(14-20(19)23)24-15-17-8-4-5-9-21(17)25-13-12-16-6-2-1-3-7-16/h1-11,14,24H,12-13,15H2. The maximum absolute atomic E-state index is 6.06. The first-order valence-electron chi connectivity index (χ1n) is 8.16. The summed E-state index contributed by atoms with van der Waals surface area (Å²) in [4.78, 5) is 0. The Bertz CT molecular complexity index is 821. The average molecular weight is 372 g/mol. The Labute approximate surface area is 158 Å². The minimum absolute atomic E-state index is 0.541. The van der Waals surface area contributed by atoms with E-state index >= 15 is 0 Å². The third-order valence-electron chi connectivity index (χ3n) is 3.87. The van der Waals surface area contributed by atoms with Gasteiger partial charge in [0.05, 0.1) is 16.7 Å². The van der Waals surface area contributed by atoms with Crippen molar-refractivity contribution in [2.75, 3.05) is 11.9 Å². The van der Waals surface area contributed by atoms with Gasteiger partial charge < -0.3 is 10.1 Å². The Morgan fingerprint density at radius 3 is 2.36 bits per heavy atom. The van der Waals surface area contributed by atoms with Crippen LogP contribution in [0.25, 0.3) is 0 Å². The number of anilines is 1. The Kier molecular flexibility index (Phi) is 6.21. The van der Waals surface area contributed by atoms with Crippen molar-refractivity contribution in [1.29, 1.82) is 0 Å². The number of hydrogen-bond donors (Lipinski definition) is 1. The highest BCUT2D eigenvalue weighted by molar-refractivity contribution is 6.42. The molecule has 25 heavy (non-hydrogen) atoms. The highest BCUT2D eigenvalue weighted by Gasteiger charge is 2.05. The molecule has 0 aliphatic carbocycles. The highest BCUT2D eigenvalue weighted by atomic mass is 35.5. The minimum Gasteiger partial charge on any atom is -0.493 e. The van der Waals surface area contributed by atoms with Gasteiger partial charge in [0.25, 0.3) is 0 Å². The second-order valence-corrected chi connectivity index (χ2v) is 6.49. The fourth-order valence-electron chi connectivity index (χ4n) is 2.52. The molecule has 0 aliphatic heterocycles. The zero-order valence-corrected chi connectivity index (χ0v) is 15.2. The minimum atomic E-state index is 0.541. The van der Waals surface area contributed by atoms with Crippen LogP contribution >= 0.6 is 23.2 Å². The van der Waals surface area contributed by atoms with Gasteiger partial charge in [0.1, 0.15) is 5.75 Å². The van der Waals surface area contributed by atoms with E-state index in [1.807, 2.05) is 48.5 Å². The number of benzene rings is 3. The van der Waals surface area contributed by atoms with E-state index in [1.54, 1.807) is 6.07 Å². The van der Waals surface area contributed by atoms with Crippen LogP contribution in [0, 0.1) is 0 Å². The van der Waals surface area contributed by atoms with Crippen LogP contribution in [-0.2, 0) is 13.0 Å². The van der Waals surface area contributed by atoms with Gasteiger partial charge in [0.2, 0.25) is 0 Å². The van der Waals surface area contributed by atoms with E-state index in [0.29, 0.717) is 23.2 Å². The molecule has 0 atom stereocenters. The number of nitrogens with one attached hydrogen (secondary N) is 1. The number of hydrogen-bond acceptors (Lipinski definition) is 2. The number of para-hydroxylation sites is 1. The lowest BCUT2D eigenvalue weighted by molar-refractivity contribution is 0.319. The van der Waals surface area contributed by atoms with E-state index < -0.39 is 0 Å². The van der Waals surface area contributed by atoms with Crippen molar-refractivity contribution in [3.8, 4) is 5.75 Å². The second-order valence-electron chi connectivity index (χ2n) is 5.67. The molecule has 3 aromatic carbocycles. The molecule has 3 rings (SSSR count). The van der Waals surface area contributed by atoms with Gasteiger partial charge in [0.15, 0.2) is 0 Å². The zero-order valence-electron chi connectivity index (χ0n) is 13.7. The van der Waals surface area contributed by atoms with Crippen LogP contribution in [0.3, 0.4) is 0 Å². The summed E-state index contributed by atoms with van der Waals surface area (Å²) in [5.41, 5.74) is 3.30. The van der Waals surface area contributed by atoms with Crippen LogP contribution in [0.4, 0.5) is 5.69 Å². The lowest BCUT2D eigenvalue weighted by atomic mass is 10.1. The van der Waals surface area contributed by atoms with Crippen LogP contribution in [0.15, 0.2) is 72.8 Å². The van der Waals surface area contributed by atoms with Crippen molar-refractivity contribution in [3.05, 3.63) is 94.0 Å². The predicted octanol–water partition coefficient (Wildman–Crippen LogP) is 6.23. The summed E-state index contributed by atoms with van der Waals surface area (Å²) in [6.07, 6.45) is 0.884. The summed E-state index contributed by atoms with van der Waals surface area (Å²) >= 11 is 12.0. The fraction of sp³-hybridized carbons (Fsp3) is 0.143. The molecule has 3 aromatic rings. The van der Waals surface area contributed by atoms with E-state index in [0.717, 1.165) is 23.4 Å². The van der Waals surface area contributed by atoms with Crippen LogP contribution in [0.5, 0.6) is 5.75 Å². The van der Waals surface area contributed by atoms with Gasteiger partial charge in [-0.1, -0.05) is 71.7 Å². The van der Waals surface area contributed by atoms with Crippen molar-refractivity contribution in [3.63, 3.8) is 0 Å². The summed E-state index contributed by atoms with van der Waals surface area (Å²) in [5, 5.41) is 4.45. The van der Waals surface area contributed by atoms with E-state index in [9.17, 15) is 0 Å². The fourth-order valence-corrected chi connectivity index (χ4v) is 2.82. The first-order chi connectivity index (χ1) is 12.2. The molecule has 0 heterocycles. The molecule has 0 aromatic heterocycles. The Hall–Kier alpha value is -2.16. The lowest BCUT2D eigenvalue weighted by Crippen LogP contribution is -2.06. The SMILES string of the molecule is Clc1ccc(NCc2ccccc2OCCc2ccccc2)cc1Cl. The molecular formula is C21H19Cl2NO. The molecule has 0 unspecified atom stereocenters. The van der Waals surface area contributed by atoms with Crippen molar-refractivity contribution < 1.29 is 4.74 Å². The summed E-state index contributed by atoms with van der Waals surface area (Å²) in [6.45, 7) is 1.30. The summed E-state index contributed by atoms with van der Waals surface area (Å²) in [6, 6.07) is 23.9. The summed E-state index contributed by atoms with van der Waals surface area (Å²) < 4.78 is 5.99. The molecule has 2 nitrogen and oxygen atoms in total. The van der Waals surface area contributed by atoms with Crippen molar-refractivity contribution >= 4 is 28.9 Å². The number of halogens is 2. The van der Waals surface area contributed by atoms with Gasteiger partial charge in [-0.25, -0.2) is 0 Å². The third kappa shape index (κ3) is 5.15. The zero-order chi connectivity index (χ0) is 17.5. The molecule has 0 amide bonds. The lowest BCUT2D eigenvalue weighted by Gasteiger charge is -2.13. The van der Waals surface area contributed by atoms with E-state index in [4.69, 9.17) is 27.9 Å². The predicted molar refractivity (Wildman–Crippen MR) is 106 cm³/mol. The summed E-state index contributed by atoms with van der Waals surface area (Å²) in [7, 11) is 0. The normalized spacial score (nSPS) is 10.5. The Morgan fingerprint density at radius 1 is 0.800 bits per heavy atom. The summed E-state index contributed by atoms with van der Waals surface area (Å²) in [5.74, 6) is 0.894. The molecule has 4 heteroatoms. The van der Waals surface area contributed by atoms with E-state index in [-0.39, 0.29) is 0 Å². The smallest absolute Gasteiger partial charge is 0.124 e. The molecule has 0 aliphatic rings. The first-order valence-corrected chi connectivity index (χ1v) is 8.91. The van der Waals surface area contributed by atoms with Crippen LogP contribution < -0.4 is 10.1 Å². The van der Waals surface area contributed by atoms with Gasteiger partial charge in [-0.2, -0.15) is 0 Å². The number of rotatable bonds is 7. The maximum Gasteiger partial charge on any atom is 0.124 e. The Morgan fingerprint density at radius 2 is 1.56 bits per heavy atom. The molecule has 0 saturated carbocycles. The van der Waals surface area contributed by atoms with Crippen LogP contribution in [0.1, 0.15) is 11.1 Å². The monoisotopic (exact) mass is 371 g/mol. The molecule has 0 spiro atoms. The number of ether oxygens (including phenoxy) is 1. The Balaban J connectivity index is 1.59. The molecule has 0 bridgehead atoms. The van der Waals surface area contributed by atoms with Crippen LogP contribution in [0.2, 0.25) is 10.0 Å². The highest BCUT2D eigenvalue weighted by Crippen LogP contribution is 2.26. The van der Waals surface area contributed by atoms with E-state index in [1.165, 1.54) is 5.56 Å². The largest absolute Gasteiger partial charge is 0.493 e. The quantitative estimate of drug-likeness (QED) is 0.531. The van der Waals surface area contributed by atoms with Gasteiger partial charge in [-0.05, 0) is 29.8 Å². The molecule has 128 valence electrons. The van der Waals surface area contributed by atoms with Crippen molar-refractivity contribution in [2.24, 2.45) is 0 Å². The third-order valence-corrected chi connectivity index (χ3v) is 4.61. The maximum atomic E-state index is 6.06. The van der Waals surface area contributed by atoms with Crippen molar-refractivity contribution in [1.82, 2.24) is 0 Å². The van der Waals surface area contributed by atoms with Gasteiger partial charge in [0, 0.05) is 24.2 Å². The molecule has 1 N–H and O–H groups in total. The molecule has 0 fully saturated rings. The van der Waals surface area contributed by atoms with E-state index in [2.05, 4.69) is 23.5 Å². The van der Waals surface area contributed by atoms with Gasteiger partial charge in [-0.15, -0.1) is 0 Å². The van der Waals surface area contributed by atoms with Crippen LogP contribution in [-0.4, -0.2) is 6.61 Å². The average Bonchev–Trinajstić information content (AvgIpc) is 2.64. The van der Waals surface area contributed by atoms with Gasteiger partial charge in [-0.3, -0.25) is 0 Å².